The summed E-state index contributed by atoms with van der Waals surface area (Å²) in [6.45, 7) is 10.1. The monoisotopic (exact) mass is 384 g/mol. The Balaban J connectivity index is 1.60. The van der Waals surface area contributed by atoms with Gasteiger partial charge in [0.2, 0.25) is 0 Å². The predicted molar refractivity (Wildman–Crippen MR) is 113 cm³/mol. The molecule has 0 amide bonds. The van der Waals surface area contributed by atoms with E-state index >= 15 is 0 Å². The minimum atomic E-state index is 0.779. The lowest BCUT2D eigenvalue weighted by molar-refractivity contribution is -0.695. The third-order valence-corrected chi connectivity index (χ3v) is 5.28. The summed E-state index contributed by atoms with van der Waals surface area (Å²) in [6, 6.07) is 13.1. The van der Waals surface area contributed by atoms with Crippen LogP contribution in [0, 0.1) is 13.8 Å². The summed E-state index contributed by atoms with van der Waals surface area (Å²) in [4.78, 5) is 0. The van der Waals surface area contributed by atoms with Crippen molar-refractivity contribution >= 4 is 0 Å². The fourth-order valence-corrected chi connectivity index (χ4v) is 3.68. The maximum absolute atomic E-state index is 6.09. The quantitative estimate of drug-likeness (QED) is 0.733. The minimum absolute atomic E-state index is 0.779. The number of aryl methyl sites for hydroxylation is 2. The van der Waals surface area contributed by atoms with Gasteiger partial charge in [0.25, 0.3) is 0 Å². The number of hydrogen-bond acceptors (Lipinski definition) is 2. The molecule has 0 fully saturated rings. The van der Waals surface area contributed by atoms with Crippen LogP contribution in [0.2, 0.25) is 0 Å². The van der Waals surface area contributed by atoms with E-state index in [4.69, 9.17) is 9.47 Å². The van der Waals surface area contributed by atoms with Gasteiger partial charge in [0.1, 0.15) is 24.6 Å². The molecule has 0 bridgehead atoms. The lowest BCUT2D eigenvalue weighted by Gasteiger charge is -2.14. The summed E-state index contributed by atoms with van der Waals surface area (Å²) in [6.07, 6.45) is 4.45. The summed E-state index contributed by atoms with van der Waals surface area (Å²) in [5.74, 6) is 2.10. The van der Waals surface area contributed by atoms with E-state index in [-0.39, 0.29) is 0 Å². The van der Waals surface area contributed by atoms with Gasteiger partial charge in [-0.05, 0) is 57.4 Å². The molecular formula is C24H36N2O2+2. The van der Waals surface area contributed by atoms with Crippen LogP contribution in [0.15, 0.2) is 36.4 Å². The Hall–Kier alpha value is -2.04. The highest BCUT2D eigenvalue weighted by Crippen LogP contribution is 2.21. The Labute approximate surface area is 169 Å². The lowest BCUT2D eigenvalue weighted by Crippen LogP contribution is -2.86. The number of rotatable bonds is 0. The van der Waals surface area contributed by atoms with Crippen LogP contribution < -0.4 is 20.1 Å². The maximum atomic E-state index is 6.09. The number of quaternary nitrogens is 2. The van der Waals surface area contributed by atoms with Gasteiger partial charge < -0.3 is 20.1 Å². The van der Waals surface area contributed by atoms with Crippen molar-refractivity contribution in [3.63, 3.8) is 0 Å². The fraction of sp³-hybridized carbons (Fsp3) is 0.500. The second-order valence-corrected chi connectivity index (χ2v) is 7.90. The average molecular weight is 385 g/mol. The Morgan fingerprint density at radius 2 is 1.14 bits per heavy atom. The normalized spacial score (nSPS) is 17.2. The van der Waals surface area contributed by atoms with Gasteiger partial charge in [0.05, 0.1) is 26.3 Å². The van der Waals surface area contributed by atoms with Crippen LogP contribution in [0.5, 0.6) is 11.5 Å². The van der Waals surface area contributed by atoms with Gasteiger partial charge in [0.15, 0.2) is 0 Å². The third kappa shape index (κ3) is 6.54. The first-order chi connectivity index (χ1) is 13.7. The standard InChI is InChI=1S/C24H34N2O2/c1-19-7-9-23-21(15-19)17-25-11-6-12-26-18-22-16-20(2)8-10-24(22)28-14-5-3-4-13-27-23/h7-10,15-16,25-26H,3-6,11-14,17-18H2,1-2H3/p+2. The molecule has 4 nitrogen and oxygen atoms in total. The Morgan fingerprint density at radius 3 is 1.64 bits per heavy atom. The van der Waals surface area contributed by atoms with Crippen LogP contribution >= 0.6 is 0 Å². The number of benzene rings is 2. The first-order valence-corrected chi connectivity index (χ1v) is 10.8. The molecule has 152 valence electrons. The number of nitrogens with two attached hydrogens (primary N) is 2. The first kappa shape index (κ1) is 20.7. The van der Waals surface area contributed by atoms with Gasteiger partial charge in [-0.3, -0.25) is 0 Å². The molecule has 0 aromatic heterocycles. The molecule has 1 heterocycles. The summed E-state index contributed by atoms with van der Waals surface area (Å²) >= 11 is 0. The molecule has 0 aliphatic carbocycles. The van der Waals surface area contributed by atoms with Gasteiger partial charge in [-0.1, -0.05) is 23.3 Å². The summed E-state index contributed by atoms with van der Waals surface area (Å²) < 4.78 is 12.2. The number of hydrogen-bond donors (Lipinski definition) is 2. The molecule has 3 rings (SSSR count). The molecule has 1 aliphatic rings. The Bertz CT molecular complexity index is 684. The van der Waals surface area contributed by atoms with Crippen LogP contribution in [-0.4, -0.2) is 26.3 Å². The summed E-state index contributed by atoms with van der Waals surface area (Å²) in [5.41, 5.74) is 5.24. The van der Waals surface area contributed by atoms with E-state index < -0.39 is 0 Å². The molecule has 0 atom stereocenters. The van der Waals surface area contributed by atoms with E-state index in [9.17, 15) is 0 Å². The van der Waals surface area contributed by atoms with Crippen molar-refractivity contribution in [2.75, 3.05) is 26.3 Å². The van der Waals surface area contributed by atoms with Crippen LogP contribution in [0.1, 0.15) is 47.9 Å². The molecule has 4 heteroatoms. The Morgan fingerprint density at radius 1 is 0.643 bits per heavy atom. The topological polar surface area (TPSA) is 51.7 Å². The summed E-state index contributed by atoms with van der Waals surface area (Å²) in [5, 5.41) is 4.81. The van der Waals surface area contributed by atoms with Gasteiger partial charge in [-0.25, -0.2) is 0 Å². The van der Waals surface area contributed by atoms with Crippen molar-refractivity contribution in [3.05, 3.63) is 58.7 Å². The van der Waals surface area contributed by atoms with Crippen LogP contribution in [0.25, 0.3) is 0 Å². The maximum Gasteiger partial charge on any atom is 0.128 e. The minimum Gasteiger partial charge on any atom is -0.493 e. The Kier molecular flexibility index (Phi) is 8.19. The molecule has 2 aromatic rings. The highest BCUT2D eigenvalue weighted by Gasteiger charge is 2.09. The van der Waals surface area contributed by atoms with E-state index in [1.165, 1.54) is 28.7 Å². The molecule has 0 spiro atoms. The van der Waals surface area contributed by atoms with Crippen molar-refractivity contribution in [3.8, 4) is 11.5 Å². The third-order valence-electron chi connectivity index (χ3n) is 5.28. The molecule has 1 aliphatic heterocycles. The van der Waals surface area contributed by atoms with Crippen molar-refractivity contribution in [2.45, 2.75) is 52.6 Å². The van der Waals surface area contributed by atoms with E-state index in [0.717, 1.165) is 70.2 Å². The van der Waals surface area contributed by atoms with Gasteiger partial charge in [-0.2, -0.15) is 0 Å². The van der Waals surface area contributed by atoms with Gasteiger partial charge in [0, 0.05) is 17.5 Å². The zero-order valence-electron chi connectivity index (χ0n) is 17.5. The first-order valence-electron chi connectivity index (χ1n) is 10.8. The summed E-state index contributed by atoms with van der Waals surface area (Å²) in [7, 11) is 0. The molecule has 0 unspecified atom stereocenters. The predicted octanol–water partition coefficient (Wildman–Crippen LogP) is 2.46. The van der Waals surface area contributed by atoms with Crippen LogP contribution in [0.3, 0.4) is 0 Å². The zero-order chi connectivity index (χ0) is 19.6. The molecule has 4 N–H and O–H groups in total. The lowest BCUT2D eigenvalue weighted by atomic mass is 10.1. The second-order valence-electron chi connectivity index (χ2n) is 7.90. The van der Waals surface area contributed by atoms with Crippen molar-refractivity contribution in [1.82, 2.24) is 0 Å². The van der Waals surface area contributed by atoms with E-state index in [0.29, 0.717) is 0 Å². The second kappa shape index (κ2) is 11.1. The van der Waals surface area contributed by atoms with E-state index in [1.54, 1.807) is 0 Å². The van der Waals surface area contributed by atoms with Gasteiger partial charge >= 0.3 is 0 Å². The van der Waals surface area contributed by atoms with Crippen molar-refractivity contribution < 1.29 is 20.1 Å². The zero-order valence-corrected chi connectivity index (χ0v) is 17.5. The molecule has 2 aromatic carbocycles. The van der Waals surface area contributed by atoms with Crippen molar-refractivity contribution in [2.24, 2.45) is 0 Å². The molecule has 0 radical (unpaired) electrons. The highest BCUT2D eigenvalue weighted by atomic mass is 16.5. The SMILES string of the molecule is Cc1ccc2c(c1)C[NH2+]CCC[NH2+]Cc1cc(C)ccc1OCCCCCO2. The van der Waals surface area contributed by atoms with Crippen LogP contribution in [0.4, 0.5) is 0 Å². The average Bonchev–Trinajstić information content (AvgIpc) is 2.68. The van der Waals surface area contributed by atoms with E-state index in [2.05, 4.69) is 60.9 Å². The number of fused-ring (bicyclic) bond motifs is 2. The highest BCUT2D eigenvalue weighted by molar-refractivity contribution is 5.37. The number of ether oxygens (including phenoxy) is 2. The molecule has 28 heavy (non-hydrogen) atoms. The smallest absolute Gasteiger partial charge is 0.128 e. The largest absolute Gasteiger partial charge is 0.493 e. The molecular weight excluding hydrogens is 348 g/mol. The van der Waals surface area contributed by atoms with E-state index in [1.807, 2.05) is 0 Å². The molecule has 0 saturated carbocycles. The van der Waals surface area contributed by atoms with Crippen molar-refractivity contribution in [1.29, 1.82) is 0 Å². The molecule has 0 saturated heterocycles. The fourth-order valence-electron chi connectivity index (χ4n) is 3.68. The van der Waals surface area contributed by atoms with Crippen LogP contribution in [-0.2, 0) is 13.1 Å². The van der Waals surface area contributed by atoms with Gasteiger partial charge in [-0.15, -0.1) is 0 Å².